The molecule has 0 amide bonds. The van der Waals surface area contributed by atoms with Gasteiger partial charge in [0, 0.05) is 12.6 Å². The zero-order chi connectivity index (χ0) is 12.5. The first-order valence-electron chi connectivity index (χ1n) is 6.48. The van der Waals surface area contributed by atoms with Gasteiger partial charge < -0.3 is 10.1 Å². The Morgan fingerprint density at radius 2 is 2.00 bits per heavy atom. The highest BCUT2D eigenvalue weighted by Gasteiger charge is 2.04. The van der Waals surface area contributed by atoms with Crippen LogP contribution in [0.4, 0.5) is 5.82 Å². The third kappa shape index (κ3) is 5.02. The van der Waals surface area contributed by atoms with E-state index in [-0.39, 0.29) is 0 Å². The molecule has 0 aliphatic rings. The minimum absolute atomic E-state index is 0.647. The number of rotatable bonds is 8. The summed E-state index contributed by atoms with van der Waals surface area (Å²) < 4.78 is 5.46. The van der Waals surface area contributed by atoms with E-state index in [0.29, 0.717) is 18.4 Å². The van der Waals surface area contributed by atoms with Gasteiger partial charge in [0.1, 0.15) is 12.1 Å². The van der Waals surface area contributed by atoms with Crippen LogP contribution in [0.3, 0.4) is 0 Å². The Morgan fingerprint density at radius 1 is 1.24 bits per heavy atom. The standard InChI is InChI=1S/C13H23N3O/c1-4-7-17-13-8-12(15-10-16-13)14-9-11(5-2)6-3/h8,10-11H,4-7,9H2,1-3H3,(H,14,15,16). The molecule has 0 saturated carbocycles. The number of nitrogens with one attached hydrogen (secondary N) is 1. The fourth-order valence-electron chi connectivity index (χ4n) is 1.55. The number of hydrogen-bond acceptors (Lipinski definition) is 4. The van der Waals surface area contributed by atoms with Gasteiger partial charge in [-0.2, -0.15) is 0 Å². The summed E-state index contributed by atoms with van der Waals surface area (Å²) in [5.41, 5.74) is 0. The Hall–Kier alpha value is -1.32. The van der Waals surface area contributed by atoms with Crippen LogP contribution in [0.1, 0.15) is 40.0 Å². The summed E-state index contributed by atoms with van der Waals surface area (Å²) in [4.78, 5) is 8.26. The average Bonchev–Trinajstić information content (AvgIpc) is 2.38. The van der Waals surface area contributed by atoms with Crippen molar-refractivity contribution < 1.29 is 4.74 Å². The SMILES string of the molecule is CCCOc1cc(NCC(CC)CC)ncn1. The van der Waals surface area contributed by atoms with Gasteiger partial charge in [0.2, 0.25) is 5.88 Å². The zero-order valence-electron chi connectivity index (χ0n) is 11.1. The van der Waals surface area contributed by atoms with E-state index < -0.39 is 0 Å². The van der Waals surface area contributed by atoms with E-state index in [2.05, 4.69) is 36.1 Å². The average molecular weight is 237 g/mol. The van der Waals surface area contributed by atoms with Crippen LogP contribution in [-0.4, -0.2) is 23.1 Å². The largest absolute Gasteiger partial charge is 0.478 e. The molecule has 1 aromatic rings. The summed E-state index contributed by atoms with van der Waals surface area (Å²) in [5, 5.41) is 3.33. The van der Waals surface area contributed by atoms with Crippen LogP contribution in [0, 0.1) is 5.92 Å². The number of hydrogen-bond donors (Lipinski definition) is 1. The van der Waals surface area contributed by atoms with E-state index in [0.717, 1.165) is 18.8 Å². The van der Waals surface area contributed by atoms with Gasteiger partial charge in [-0.1, -0.05) is 33.6 Å². The summed E-state index contributed by atoms with van der Waals surface area (Å²) in [6, 6.07) is 1.86. The van der Waals surface area contributed by atoms with Crippen LogP contribution in [0.2, 0.25) is 0 Å². The first kappa shape index (κ1) is 13.7. The second-order valence-electron chi connectivity index (χ2n) is 4.15. The predicted octanol–water partition coefficient (Wildman–Crippen LogP) is 3.11. The van der Waals surface area contributed by atoms with Gasteiger partial charge >= 0.3 is 0 Å². The summed E-state index contributed by atoms with van der Waals surface area (Å²) in [6.07, 6.45) is 4.91. The third-order valence-corrected chi connectivity index (χ3v) is 2.82. The molecule has 0 saturated heterocycles. The molecule has 1 aromatic heterocycles. The van der Waals surface area contributed by atoms with Crippen LogP contribution < -0.4 is 10.1 Å². The molecule has 0 fully saturated rings. The molecule has 0 aliphatic carbocycles. The smallest absolute Gasteiger partial charge is 0.218 e. The van der Waals surface area contributed by atoms with Crippen LogP contribution >= 0.6 is 0 Å². The van der Waals surface area contributed by atoms with Gasteiger partial charge in [0.05, 0.1) is 6.61 Å². The Balaban J connectivity index is 2.47. The lowest BCUT2D eigenvalue weighted by Gasteiger charge is -2.13. The number of anilines is 1. The van der Waals surface area contributed by atoms with Gasteiger partial charge in [-0.25, -0.2) is 9.97 Å². The van der Waals surface area contributed by atoms with Crippen LogP contribution in [0.15, 0.2) is 12.4 Å². The van der Waals surface area contributed by atoms with Crippen molar-refractivity contribution in [2.45, 2.75) is 40.0 Å². The molecule has 0 radical (unpaired) electrons. The molecule has 0 bridgehead atoms. The van der Waals surface area contributed by atoms with E-state index in [4.69, 9.17) is 4.74 Å². The first-order valence-corrected chi connectivity index (χ1v) is 6.48. The Bertz CT molecular complexity index is 313. The zero-order valence-corrected chi connectivity index (χ0v) is 11.1. The third-order valence-electron chi connectivity index (χ3n) is 2.82. The molecular formula is C13H23N3O. The topological polar surface area (TPSA) is 47.0 Å². The maximum Gasteiger partial charge on any atom is 0.218 e. The molecule has 4 heteroatoms. The van der Waals surface area contributed by atoms with Crippen molar-refractivity contribution in [3.8, 4) is 5.88 Å². The fraction of sp³-hybridized carbons (Fsp3) is 0.692. The second kappa shape index (κ2) is 7.87. The molecular weight excluding hydrogens is 214 g/mol. The van der Waals surface area contributed by atoms with Crippen LogP contribution in [-0.2, 0) is 0 Å². The molecule has 0 aromatic carbocycles. The van der Waals surface area contributed by atoms with Crippen LogP contribution in [0.25, 0.3) is 0 Å². The summed E-state index contributed by atoms with van der Waals surface area (Å²) >= 11 is 0. The van der Waals surface area contributed by atoms with Crippen molar-refractivity contribution in [2.24, 2.45) is 5.92 Å². The lowest BCUT2D eigenvalue weighted by atomic mass is 10.0. The molecule has 0 spiro atoms. The minimum Gasteiger partial charge on any atom is -0.478 e. The Labute approximate surface area is 104 Å². The molecule has 1 heterocycles. The van der Waals surface area contributed by atoms with E-state index in [1.807, 2.05) is 6.07 Å². The predicted molar refractivity (Wildman–Crippen MR) is 70.4 cm³/mol. The van der Waals surface area contributed by atoms with Gasteiger partial charge in [-0.05, 0) is 12.3 Å². The maximum absolute atomic E-state index is 5.46. The summed E-state index contributed by atoms with van der Waals surface area (Å²) in [7, 11) is 0. The highest BCUT2D eigenvalue weighted by Crippen LogP contribution is 2.13. The van der Waals surface area contributed by atoms with E-state index in [1.54, 1.807) is 6.33 Å². The molecule has 0 unspecified atom stereocenters. The van der Waals surface area contributed by atoms with Gasteiger partial charge in [0.15, 0.2) is 0 Å². The lowest BCUT2D eigenvalue weighted by Crippen LogP contribution is -2.13. The molecule has 96 valence electrons. The van der Waals surface area contributed by atoms with Crippen molar-refractivity contribution in [1.29, 1.82) is 0 Å². The summed E-state index contributed by atoms with van der Waals surface area (Å²) in [6.45, 7) is 8.16. The first-order chi connectivity index (χ1) is 8.30. The van der Waals surface area contributed by atoms with Crippen molar-refractivity contribution in [2.75, 3.05) is 18.5 Å². The Morgan fingerprint density at radius 3 is 2.65 bits per heavy atom. The van der Waals surface area contributed by atoms with Gasteiger partial charge in [-0.3, -0.25) is 0 Å². The highest BCUT2D eigenvalue weighted by molar-refractivity contribution is 5.36. The molecule has 1 N–H and O–H groups in total. The summed E-state index contributed by atoms with van der Waals surface area (Å²) in [5.74, 6) is 2.19. The lowest BCUT2D eigenvalue weighted by molar-refractivity contribution is 0.305. The minimum atomic E-state index is 0.647. The van der Waals surface area contributed by atoms with Crippen molar-refractivity contribution >= 4 is 5.82 Å². The fourth-order valence-corrected chi connectivity index (χ4v) is 1.55. The molecule has 4 nitrogen and oxygen atoms in total. The van der Waals surface area contributed by atoms with Gasteiger partial charge in [0.25, 0.3) is 0 Å². The molecule has 17 heavy (non-hydrogen) atoms. The quantitative estimate of drug-likeness (QED) is 0.754. The van der Waals surface area contributed by atoms with Crippen molar-refractivity contribution in [3.05, 3.63) is 12.4 Å². The molecule has 0 atom stereocenters. The molecule has 1 rings (SSSR count). The second-order valence-corrected chi connectivity index (χ2v) is 4.15. The Kier molecular flexibility index (Phi) is 6.37. The maximum atomic E-state index is 5.46. The number of aromatic nitrogens is 2. The highest BCUT2D eigenvalue weighted by atomic mass is 16.5. The number of nitrogens with zero attached hydrogens (tertiary/aromatic N) is 2. The van der Waals surface area contributed by atoms with E-state index >= 15 is 0 Å². The van der Waals surface area contributed by atoms with Crippen LogP contribution in [0.5, 0.6) is 5.88 Å². The monoisotopic (exact) mass is 237 g/mol. The molecule has 0 aliphatic heterocycles. The van der Waals surface area contributed by atoms with Crippen molar-refractivity contribution in [1.82, 2.24) is 9.97 Å². The van der Waals surface area contributed by atoms with E-state index in [1.165, 1.54) is 12.8 Å². The van der Waals surface area contributed by atoms with E-state index in [9.17, 15) is 0 Å². The normalized spacial score (nSPS) is 10.6. The number of ether oxygens (including phenoxy) is 1. The van der Waals surface area contributed by atoms with Crippen molar-refractivity contribution in [3.63, 3.8) is 0 Å². The van der Waals surface area contributed by atoms with Gasteiger partial charge in [-0.15, -0.1) is 0 Å².